The number of nitrogens with one attached hydrogen (secondary N) is 2. The molecule has 5 heterocycles. The largest absolute Gasteiger partial charge is 0.381 e. The van der Waals surface area contributed by atoms with E-state index in [1.165, 1.54) is 0 Å². The summed E-state index contributed by atoms with van der Waals surface area (Å²) >= 11 is 0. The first-order valence-electron chi connectivity index (χ1n) is 14.8. The first-order valence-corrected chi connectivity index (χ1v) is 14.8. The van der Waals surface area contributed by atoms with Crippen molar-refractivity contribution in [2.75, 3.05) is 59.3 Å². The molecule has 0 aromatic carbocycles. The fraction of sp³-hybridized carbons (Fsp3) is 0.633. The van der Waals surface area contributed by atoms with Gasteiger partial charge in [-0.15, -0.1) is 0 Å². The number of aromatic amines is 1. The Bertz CT molecular complexity index is 1410. The summed E-state index contributed by atoms with van der Waals surface area (Å²) in [5.74, 6) is -0.0570. The molecule has 3 saturated heterocycles. The number of H-pyrrole nitrogens is 1. The topological polar surface area (TPSA) is 111 Å². The summed E-state index contributed by atoms with van der Waals surface area (Å²) in [7, 11) is 0. The van der Waals surface area contributed by atoms with Gasteiger partial charge < -0.3 is 24.5 Å². The highest BCUT2D eigenvalue weighted by Gasteiger charge is 2.39. The minimum absolute atomic E-state index is 0.0570. The number of rotatable bonds is 5. The molecule has 0 radical (unpaired) electrons. The number of fused-ring (bicyclic) bond motifs is 3. The molecule has 2 aromatic rings. The van der Waals surface area contributed by atoms with E-state index in [2.05, 4.69) is 26.4 Å². The monoisotopic (exact) mass is 553 g/mol. The van der Waals surface area contributed by atoms with Crippen molar-refractivity contribution in [1.82, 2.24) is 25.0 Å². The maximum atomic E-state index is 13.6. The second kappa shape index (κ2) is 12.8. The SMILES string of the molecule is CC.CC1=C(C(=O)NCC2(N3CCOCC3)CCOCC2)CC=c2c([nH]c(=O)c3cnn(C4CCOCC4)c23)=C1. The van der Waals surface area contributed by atoms with Crippen LogP contribution < -0.4 is 21.4 Å². The van der Waals surface area contributed by atoms with Crippen molar-refractivity contribution >= 4 is 29.0 Å². The fourth-order valence-electron chi connectivity index (χ4n) is 6.39. The van der Waals surface area contributed by atoms with Crippen LogP contribution in [0.4, 0.5) is 0 Å². The average Bonchev–Trinajstić information content (AvgIpc) is 3.39. The number of allylic oxidation sites excluding steroid dienone is 1. The minimum atomic E-state index is -0.158. The summed E-state index contributed by atoms with van der Waals surface area (Å²) in [6.07, 6.45) is 9.66. The quantitative estimate of drug-likeness (QED) is 0.576. The van der Waals surface area contributed by atoms with Gasteiger partial charge in [-0.3, -0.25) is 19.2 Å². The predicted octanol–water partition coefficient (Wildman–Crippen LogP) is 1.38. The second-order valence-electron chi connectivity index (χ2n) is 10.8. The van der Waals surface area contributed by atoms with Crippen molar-refractivity contribution in [3.8, 4) is 0 Å². The van der Waals surface area contributed by atoms with Crippen molar-refractivity contribution in [2.45, 2.75) is 64.5 Å². The maximum absolute atomic E-state index is 13.6. The number of hydrogen-bond donors (Lipinski definition) is 2. The van der Waals surface area contributed by atoms with Gasteiger partial charge in [-0.2, -0.15) is 5.10 Å². The van der Waals surface area contributed by atoms with Crippen LogP contribution in [0.5, 0.6) is 0 Å². The molecule has 1 amide bonds. The molecule has 0 bridgehead atoms. The summed E-state index contributed by atoms with van der Waals surface area (Å²) < 4.78 is 18.8. The third kappa shape index (κ3) is 5.68. The Balaban J connectivity index is 0.00000158. The zero-order valence-electron chi connectivity index (χ0n) is 24.1. The van der Waals surface area contributed by atoms with Gasteiger partial charge in [0.25, 0.3) is 5.56 Å². The molecule has 0 atom stereocenters. The number of ether oxygens (including phenoxy) is 3. The highest BCUT2D eigenvalue weighted by atomic mass is 16.5. The molecular formula is C30H43N5O5. The van der Waals surface area contributed by atoms with Crippen molar-refractivity contribution < 1.29 is 19.0 Å². The first-order chi connectivity index (χ1) is 19.6. The van der Waals surface area contributed by atoms with Crippen LogP contribution in [0.25, 0.3) is 23.1 Å². The lowest BCUT2D eigenvalue weighted by Gasteiger charge is -2.48. The normalized spacial score (nSPS) is 21.9. The van der Waals surface area contributed by atoms with Crippen molar-refractivity contribution in [2.24, 2.45) is 0 Å². The number of aromatic nitrogens is 3. The number of nitrogens with zero attached hydrogens (tertiary/aromatic N) is 3. The van der Waals surface area contributed by atoms with Gasteiger partial charge in [0.2, 0.25) is 5.91 Å². The van der Waals surface area contributed by atoms with Crippen molar-refractivity contribution in [3.63, 3.8) is 0 Å². The lowest BCUT2D eigenvalue weighted by molar-refractivity contribution is -0.119. The van der Waals surface area contributed by atoms with Crippen LogP contribution in [0, 0.1) is 0 Å². The highest BCUT2D eigenvalue weighted by Crippen LogP contribution is 2.29. The number of carbonyl (C=O) groups is 1. The molecule has 4 aliphatic rings. The van der Waals surface area contributed by atoms with E-state index in [0.29, 0.717) is 44.8 Å². The van der Waals surface area contributed by atoms with E-state index < -0.39 is 0 Å². The van der Waals surface area contributed by atoms with E-state index in [9.17, 15) is 9.59 Å². The third-order valence-electron chi connectivity index (χ3n) is 8.67. The van der Waals surface area contributed by atoms with Crippen molar-refractivity contribution in [1.29, 1.82) is 0 Å². The van der Waals surface area contributed by atoms with Gasteiger partial charge in [-0.25, -0.2) is 0 Å². The van der Waals surface area contributed by atoms with Gasteiger partial charge >= 0.3 is 0 Å². The van der Waals surface area contributed by atoms with E-state index in [4.69, 9.17) is 14.2 Å². The predicted molar refractivity (Wildman–Crippen MR) is 154 cm³/mol. The lowest BCUT2D eigenvalue weighted by atomic mass is 9.87. The standard InChI is InChI=1S/C28H37N5O5.C2H6/c1-19-16-24-22(25-23(27(35)31-24)17-30-33(25)20-4-10-36-11-5-20)3-2-21(19)26(34)29-18-28(6-12-37-13-7-28)32-8-14-38-15-9-32;1-2/h3,16-17,20H,2,4-15,18H2,1H3,(H,29,34)(H,31,35);1-2H3. The molecule has 0 spiro atoms. The molecule has 3 fully saturated rings. The van der Waals surface area contributed by atoms with Gasteiger partial charge in [0.1, 0.15) is 0 Å². The Labute approximate surface area is 235 Å². The van der Waals surface area contributed by atoms with Crippen LogP contribution in [0.1, 0.15) is 58.9 Å². The smallest absolute Gasteiger partial charge is 0.259 e. The Hall–Kier alpha value is -2.79. The van der Waals surface area contributed by atoms with Gasteiger partial charge in [0.05, 0.1) is 41.7 Å². The Kier molecular flexibility index (Phi) is 9.20. The summed E-state index contributed by atoms with van der Waals surface area (Å²) in [5, 5.41) is 10.1. The molecule has 218 valence electrons. The number of amides is 1. The Morgan fingerprint density at radius 1 is 1.07 bits per heavy atom. The van der Waals surface area contributed by atoms with Gasteiger partial charge in [0, 0.05) is 62.4 Å². The van der Waals surface area contributed by atoms with Crippen LogP contribution in [0.3, 0.4) is 0 Å². The molecule has 6 rings (SSSR count). The molecule has 3 aliphatic heterocycles. The average molecular weight is 554 g/mol. The molecule has 40 heavy (non-hydrogen) atoms. The van der Waals surface area contributed by atoms with Gasteiger partial charge in [-0.1, -0.05) is 19.9 Å². The van der Waals surface area contributed by atoms with Gasteiger partial charge in [-0.05, 0) is 50.7 Å². The van der Waals surface area contributed by atoms with Crippen LogP contribution in [0.2, 0.25) is 0 Å². The van der Waals surface area contributed by atoms with E-state index in [-0.39, 0.29) is 23.0 Å². The molecule has 0 saturated carbocycles. The molecule has 10 heteroatoms. The molecule has 1 aliphatic carbocycles. The Morgan fingerprint density at radius 2 is 1.75 bits per heavy atom. The summed E-state index contributed by atoms with van der Waals surface area (Å²) in [5.41, 5.74) is 2.15. The summed E-state index contributed by atoms with van der Waals surface area (Å²) in [6, 6.07) is 0.191. The molecule has 0 unspecified atom stereocenters. The van der Waals surface area contributed by atoms with Crippen molar-refractivity contribution in [3.05, 3.63) is 38.3 Å². The molecule has 2 aromatic heterocycles. The van der Waals surface area contributed by atoms with E-state index >= 15 is 0 Å². The van der Waals surface area contributed by atoms with Crippen LogP contribution >= 0.6 is 0 Å². The second-order valence-corrected chi connectivity index (χ2v) is 10.8. The van der Waals surface area contributed by atoms with Crippen LogP contribution in [0.15, 0.2) is 22.1 Å². The minimum Gasteiger partial charge on any atom is -0.381 e. The summed E-state index contributed by atoms with van der Waals surface area (Å²) in [6.45, 7) is 12.5. The highest BCUT2D eigenvalue weighted by molar-refractivity contribution is 5.97. The lowest BCUT2D eigenvalue weighted by Crippen LogP contribution is -2.61. The molecule has 10 nitrogen and oxygen atoms in total. The zero-order chi connectivity index (χ0) is 28.1. The number of pyridine rings is 1. The van der Waals surface area contributed by atoms with Gasteiger partial charge in [0.15, 0.2) is 0 Å². The van der Waals surface area contributed by atoms with E-state index in [1.807, 2.05) is 31.5 Å². The van der Waals surface area contributed by atoms with E-state index in [0.717, 1.165) is 79.2 Å². The fourth-order valence-corrected chi connectivity index (χ4v) is 6.39. The van der Waals surface area contributed by atoms with Crippen LogP contribution in [-0.4, -0.2) is 90.4 Å². The summed E-state index contributed by atoms with van der Waals surface area (Å²) in [4.78, 5) is 32.0. The van der Waals surface area contributed by atoms with E-state index in [1.54, 1.807) is 6.20 Å². The number of carbonyl (C=O) groups excluding carboxylic acids is 1. The number of hydrogen-bond acceptors (Lipinski definition) is 7. The Morgan fingerprint density at radius 3 is 2.48 bits per heavy atom. The van der Waals surface area contributed by atoms with Crippen LogP contribution in [-0.2, 0) is 19.0 Å². The zero-order valence-corrected chi connectivity index (χ0v) is 24.1. The third-order valence-corrected chi connectivity index (χ3v) is 8.67. The molecular weight excluding hydrogens is 510 g/mol. The number of morpholine rings is 1. The maximum Gasteiger partial charge on any atom is 0.259 e. The first kappa shape index (κ1) is 28.7. The molecule has 2 N–H and O–H groups in total.